The molecule has 8 fully saturated rings. The molecule has 8 saturated carbocycles. The van der Waals surface area contributed by atoms with E-state index in [1.54, 1.807) is 0 Å². The molecule has 0 heterocycles. The molecule has 0 radical (unpaired) electrons. The van der Waals surface area contributed by atoms with Crippen molar-refractivity contribution in [1.29, 1.82) is 0 Å². The number of hydrogen-bond acceptors (Lipinski definition) is 15. The number of aliphatic hydroxyl groups excluding tert-OH is 7. The fraction of sp³-hybridized carbons (Fsp3) is 0.970. The molecule has 0 spiro atoms. The monoisotopic (exact) mass is 1280 g/mol. The number of aliphatic hydroxyl groups is 7. The van der Waals surface area contributed by atoms with Gasteiger partial charge in [0.05, 0.1) is 110 Å². The number of likely N-dealkylation sites (N-methyl/N-ethyl adjacent to an activating group) is 1. The van der Waals surface area contributed by atoms with Gasteiger partial charge in [0.1, 0.15) is 12.6 Å². The Morgan fingerprint density at radius 1 is 0.552 bits per heavy atom. The summed E-state index contributed by atoms with van der Waals surface area (Å²) in [7, 11) is -0.952. The Kier molecular flexibility index (Phi) is 26.1. The van der Waals surface area contributed by atoms with Gasteiger partial charge in [-0.1, -0.05) is 56.4 Å². The molecule has 0 aromatic rings. The fourth-order valence-corrected chi connectivity index (χ4v) is 21.8. The van der Waals surface area contributed by atoms with E-state index in [1.807, 2.05) is 28.2 Å². The van der Waals surface area contributed by atoms with E-state index >= 15 is 0 Å². The zero-order valence-corrected chi connectivity index (χ0v) is 55.2. The second kappa shape index (κ2) is 29.8. The van der Waals surface area contributed by atoms with Gasteiger partial charge in [0, 0.05) is 50.9 Å². The molecular weight excluding hydrogens is 1150 g/mol. The minimum atomic E-state index is -4.48. The third kappa shape index (κ3) is 17.6. The maximum atomic E-state index is 12.7. The smallest absolute Gasteiger partial charge is 0.220 e. The van der Waals surface area contributed by atoms with E-state index in [1.165, 1.54) is 0 Å². The van der Waals surface area contributed by atoms with E-state index in [0.717, 1.165) is 109 Å². The van der Waals surface area contributed by atoms with Crippen LogP contribution in [0.25, 0.3) is 0 Å². The van der Waals surface area contributed by atoms with Gasteiger partial charge in [-0.25, -0.2) is 16.8 Å². The number of carbonyl (C=O) groups is 2. The number of nitrogens with one attached hydrogen (secondary N) is 2. The number of rotatable bonds is 24. The minimum absolute atomic E-state index is 0. The predicted molar refractivity (Wildman–Crippen MR) is 337 cm³/mol. The zero-order chi connectivity index (χ0) is 63.0. The Labute approximate surface area is 526 Å². The van der Waals surface area contributed by atoms with Crippen molar-refractivity contribution in [3.63, 3.8) is 0 Å². The largest absolute Gasteiger partial charge is 0.748 e. The molecule has 0 bridgehead atoms. The van der Waals surface area contributed by atoms with E-state index in [0.29, 0.717) is 90.9 Å². The lowest BCUT2D eigenvalue weighted by atomic mass is 9.43. The summed E-state index contributed by atoms with van der Waals surface area (Å²) in [6.45, 7) is 16.8. The van der Waals surface area contributed by atoms with E-state index < -0.39 is 50.4 Å². The Morgan fingerprint density at radius 3 is 1.33 bits per heavy atom. The van der Waals surface area contributed by atoms with Gasteiger partial charge < -0.3 is 64.5 Å². The molecule has 21 heteroatoms. The zero-order valence-electron chi connectivity index (χ0n) is 53.6. The van der Waals surface area contributed by atoms with Crippen LogP contribution in [0.15, 0.2) is 0 Å². The number of quaternary nitrogens is 2. The summed E-state index contributed by atoms with van der Waals surface area (Å²) >= 11 is 0. The van der Waals surface area contributed by atoms with E-state index in [-0.39, 0.29) is 126 Å². The summed E-state index contributed by atoms with van der Waals surface area (Å²) in [6, 6.07) is 0. The average Bonchev–Trinajstić information content (AvgIpc) is 1.70. The van der Waals surface area contributed by atoms with Gasteiger partial charge in [0.25, 0.3) is 0 Å². The first kappa shape index (κ1) is 76.1. The average molecular weight is 1280 g/mol. The van der Waals surface area contributed by atoms with Crippen molar-refractivity contribution in [2.45, 2.75) is 234 Å². The van der Waals surface area contributed by atoms with Gasteiger partial charge in [-0.15, -0.1) is 0 Å². The third-order valence-corrected chi connectivity index (χ3v) is 27.1. The van der Waals surface area contributed by atoms with Gasteiger partial charge in [0.2, 0.25) is 11.8 Å². The van der Waals surface area contributed by atoms with Crippen LogP contribution in [-0.4, -0.2) is 204 Å². The molecule has 23 atom stereocenters. The van der Waals surface area contributed by atoms with Gasteiger partial charge >= 0.3 is 0 Å². The molecule has 0 aliphatic heterocycles. The number of hydrogen-bond donors (Lipinski definition) is 9. The SMILES string of the molecule is C.C.CC(CCC(=O)NCCC[N+](C)(C)CC(O)CS(=O)(=O)[O-])C1CCC2C3C(O)CC4CC(O)CCC4(C)C3CC(O)C12C.CC(CCC(=O)NCCC[N+](C)(C)CCCS(=O)(=O)[O-])C1CCC2C3C(O)CC4CC(O)CCC4(C)C3CC(O)C12C. The first-order valence-electron chi connectivity index (χ1n) is 33.2. The van der Waals surface area contributed by atoms with Crippen molar-refractivity contribution < 1.29 is 80.2 Å². The maximum Gasteiger partial charge on any atom is 0.220 e. The number of amides is 2. The first-order chi connectivity index (χ1) is 39.3. The molecule has 9 N–H and O–H groups in total. The fourth-order valence-electron chi connectivity index (χ4n) is 20.8. The number of nitrogens with zero attached hydrogens (tertiary/aromatic N) is 2. The molecule has 0 aromatic carbocycles. The predicted octanol–water partition coefficient (Wildman–Crippen LogP) is 6.01. The highest BCUT2D eigenvalue weighted by atomic mass is 32.2. The molecular formula is C66H124N4O15S2. The van der Waals surface area contributed by atoms with Gasteiger partial charge in [0.15, 0.2) is 0 Å². The van der Waals surface area contributed by atoms with Crippen LogP contribution in [0, 0.1) is 92.7 Å². The highest BCUT2D eigenvalue weighted by molar-refractivity contribution is 7.85. The lowest BCUT2D eigenvalue weighted by molar-refractivity contribution is -0.893. The standard InChI is InChI=1S/C32H58N2O8S.C32H58N2O7S.2CH4/c1-20(7-10-29(39)33-13-6-14-34(4,5)18-23(36)19-43(40,41)42)24-8-9-25-30-26(17-28(38)32(24,25)3)31(2)12-11-22(35)15-21(31)16-27(30)37;1-21(8-11-29(38)33-14-6-15-34(4,5)16-7-17-42(39,40)41)24-9-10-25-30-26(20-28(37)32(24,25)3)31(2)13-12-23(35)18-22(31)19-27(30)36;;/h20-28,30,35-38H,6-19H2,1-5H3,(H-,33,39,40,41,42);21-28,30,35-37H,6-20H2,1-5H3,(H-,33,38,39,40,41);2*1H4. The molecule has 0 aromatic heterocycles. The van der Waals surface area contributed by atoms with E-state index in [4.69, 9.17) is 0 Å². The van der Waals surface area contributed by atoms with Crippen molar-refractivity contribution in [1.82, 2.24) is 10.6 Å². The van der Waals surface area contributed by atoms with Gasteiger partial charge in [-0.05, 0) is 195 Å². The lowest BCUT2D eigenvalue weighted by Crippen LogP contribution is -2.62. The van der Waals surface area contributed by atoms with Crippen molar-refractivity contribution in [3.05, 3.63) is 0 Å². The summed E-state index contributed by atoms with van der Waals surface area (Å²) in [6.07, 6.45) is 12.8. The number of carbonyl (C=O) groups excluding carboxylic acids is 2. The lowest BCUT2D eigenvalue weighted by Gasteiger charge is -2.63. The molecule has 23 unspecified atom stereocenters. The summed E-state index contributed by atoms with van der Waals surface area (Å²) < 4.78 is 66.2. The summed E-state index contributed by atoms with van der Waals surface area (Å²) in [4.78, 5) is 25.4. The van der Waals surface area contributed by atoms with Crippen LogP contribution < -0.4 is 10.6 Å². The topological polar surface area (TPSA) is 314 Å². The first-order valence-corrected chi connectivity index (χ1v) is 36.3. The number of fused-ring (bicyclic) bond motifs is 10. The Hall–Kier alpha value is -1.60. The van der Waals surface area contributed by atoms with Crippen LogP contribution >= 0.6 is 0 Å². The summed E-state index contributed by atoms with van der Waals surface area (Å²) in [5, 5.41) is 83.1. The van der Waals surface area contributed by atoms with Crippen molar-refractivity contribution >= 4 is 32.1 Å². The third-order valence-electron chi connectivity index (χ3n) is 25.5. The van der Waals surface area contributed by atoms with Crippen LogP contribution in [0.2, 0.25) is 0 Å². The quantitative estimate of drug-likeness (QED) is 0.0304. The van der Waals surface area contributed by atoms with Crippen molar-refractivity contribution in [2.24, 2.45) is 92.7 Å². The highest BCUT2D eigenvalue weighted by Gasteiger charge is 2.67. The maximum absolute atomic E-state index is 12.7. The Balaban J connectivity index is 0.000000310. The summed E-state index contributed by atoms with van der Waals surface area (Å²) in [5.41, 5.74) is -0.420. The second-order valence-corrected chi connectivity index (χ2v) is 34.7. The molecule has 8 rings (SSSR count). The highest BCUT2D eigenvalue weighted by Crippen LogP contribution is 2.70. The van der Waals surface area contributed by atoms with Crippen LogP contribution in [0.4, 0.5) is 0 Å². The molecule has 510 valence electrons. The minimum Gasteiger partial charge on any atom is -0.748 e. The normalized spacial score (nSPS) is 40.1. The molecule has 2 amide bonds. The van der Waals surface area contributed by atoms with Crippen molar-refractivity contribution in [2.75, 3.05) is 79.0 Å². The van der Waals surface area contributed by atoms with Crippen LogP contribution in [-0.2, 0) is 29.8 Å². The van der Waals surface area contributed by atoms with Crippen LogP contribution in [0.1, 0.15) is 191 Å². The molecule has 19 nitrogen and oxygen atoms in total. The van der Waals surface area contributed by atoms with Gasteiger partial charge in [-0.2, -0.15) is 0 Å². The molecule has 8 aliphatic rings. The van der Waals surface area contributed by atoms with Crippen molar-refractivity contribution in [3.8, 4) is 0 Å². The second-order valence-electron chi connectivity index (χ2n) is 31.7. The summed E-state index contributed by atoms with van der Waals surface area (Å²) in [5.74, 6) is 2.13. The Bertz CT molecular complexity index is 2470. The van der Waals surface area contributed by atoms with E-state index in [9.17, 15) is 71.3 Å². The van der Waals surface area contributed by atoms with Crippen LogP contribution in [0.3, 0.4) is 0 Å². The van der Waals surface area contributed by atoms with Gasteiger partial charge in [-0.3, -0.25) is 9.59 Å². The molecule has 87 heavy (non-hydrogen) atoms. The molecule has 0 saturated heterocycles. The molecule has 8 aliphatic carbocycles. The Morgan fingerprint density at radius 2 is 0.943 bits per heavy atom. The van der Waals surface area contributed by atoms with E-state index in [2.05, 4.69) is 52.2 Å². The van der Waals surface area contributed by atoms with Crippen LogP contribution in [0.5, 0.6) is 0 Å².